The van der Waals surface area contributed by atoms with E-state index in [0.29, 0.717) is 11.6 Å². The number of nitrogens with one attached hydrogen (secondary N) is 1. The van der Waals surface area contributed by atoms with E-state index in [4.69, 9.17) is 5.14 Å². The number of amides is 2. The fourth-order valence-corrected chi connectivity index (χ4v) is 5.48. The van der Waals surface area contributed by atoms with E-state index in [2.05, 4.69) is 19.2 Å². The van der Waals surface area contributed by atoms with Gasteiger partial charge in [-0.25, -0.2) is 18.4 Å². The van der Waals surface area contributed by atoms with Crippen LogP contribution in [0.1, 0.15) is 50.7 Å². The van der Waals surface area contributed by atoms with Gasteiger partial charge >= 0.3 is 6.03 Å². The zero-order chi connectivity index (χ0) is 19.3. The molecule has 1 heterocycles. The van der Waals surface area contributed by atoms with Crippen LogP contribution in [0.2, 0.25) is 0 Å². The van der Waals surface area contributed by atoms with Gasteiger partial charge in [0.05, 0.1) is 4.90 Å². The largest absolute Gasteiger partial charge is 0.322 e. The lowest BCUT2D eigenvalue weighted by Gasteiger charge is -2.58. The van der Waals surface area contributed by atoms with E-state index in [0.717, 1.165) is 17.7 Å². The Kier molecular flexibility index (Phi) is 4.82. The number of hydrogen-bond acceptors (Lipinski definition) is 3. The van der Waals surface area contributed by atoms with Crippen molar-refractivity contribution in [2.75, 3.05) is 11.9 Å². The number of hydrogen-bond donors (Lipinski definition) is 2. The molecule has 1 aliphatic carbocycles. The van der Waals surface area contributed by atoms with Gasteiger partial charge in [-0.15, -0.1) is 0 Å². The maximum atomic E-state index is 12.9. The first-order valence-electron chi connectivity index (χ1n) is 9.27. The molecule has 2 fully saturated rings. The maximum absolute atomic E-state index is 12.9. The minimum atomic E-state index is -3.82. The molecule has 1 aromatic rings. The Morgan fingerprint density at radius 1 is 1.27 bits per heavy atom. The van der Waals surface area contributed by atoms with E-state index >= 15 is 0 Å². The van der Waals surface area contributed by atoms with Crippen molar-refractivity contribution < 1.29 is 13.2 Å². The van der Waals surface area contributed by atoms with Gasteiger partial charge in [0.25, 0.3) is 0 Å². The number of carbonyl (C=O) groups excluding carboxylic acids is 1. The molecule has 1 atom stereocenters. The quantitative estimate of drug-likeness (QED) is 0.843. The normalized spacial score (nSPS) is 21.9. The third kappa shape index (κ3) is 3.22. The zero-order valence-corrected chi connectivity index (χ0v) is 16.8. The molecular formula is C19H29N3O3S. The van der Waals surface area contributed by atoms with Crippen LogP contribution in [0.25, 0.3) is 0 Å². The van der Waals surface area contributed by atoms with Crippen molar-refractivity contribution >= 4 is 21.7 Å². The van der Waals surface area contributed by atoms with Crippen LogP contribution in [-0.4, -0.2) is 31.9 Å². The van der Waals surface area contributed by atoms with Gasteiger partial charge in [0.1, 0.15) is 0 Å². The number of sulfonamides is 1. The van der Waals surface area contributed by atoms with Crippen LogP contribution in [0.15, 0.2) is 17.0 Å². The first-order valence-corrected chi connectivity index (χ1v) is 10.8. The average Bonchev–Trinajstić information content (AvgIpc) is 2.99. The molecule has 7 heteroatoms. The lowest BCUT2D eigenvalue weighted by atomic mass is 9.66. The first-order chi connectivity index (χ1) is 12.0. The molecule has 1 unspecified atom stereocenters. The summed E-state index contributed by atoms with van der Waals surface area (Å²) in [6, 6.07) is 3.07. The van der Waals surface area contributed by atoms with Crippen molar-refractivity contribution in [3.63, 3.8) is 0 Å². The second kappa shape index (κ2) is 6.53. The molecule has 3 N–H and O–H groups in total. The molecule has 3 rings (SSSR count). The van der Waals surface area contributed by atoms with Crippen molar-refractivity contribution in [3.8, 4) is 0 Å². The molecule has 26 heavy (non-hydrogen) atoms. The first kappa shape index (κ1) is 19.2. The van der Waals surface area contributed by atoms with Gasteiger partial charge in [-0.3, -0.25) is 0 Å². The smallest absolute Gasteiger partial charge is 0.320 e. The summed E-state index contributed by atoms with van der Waals surface area (Å²) < 4.78 is 23.4. The van der Waals surface area contributed by atoms with Crippen molar-refractivity contribution in [2.45, 2.75) is 64.3 Å². The van der Waals surface area contributed by atoms with Crippen LogP contribution in [0.5, 0.6) is 0 Å². The second-order valence-electron chi connectivity index (χ2n) is 8.27. The van der Waals surface area contributed by atoms with Gasteiger partial charge in [-0.05, 0) is 55.9 Å². The van der Waals surface area contributed by atoms with Crippen molar-refractivity contribution in [2.24, 2.45) is 16.5 Å². The number of carbonyl (C=O) groups is 1. The highest BCUT2D eigenvalue weighted by molar-refractivity contribution is 7.89. The number of primary sulfonamides is 1. The molecular weight excluding hydrogens is 350 g/mol. The summed E-state index contributed by atoms with van der Waals surface area (Å²) in [4.78, 5) is 14.8. The van der Waals surface area contributed by atoms with E-state index in [1.54, 1.807) is 0 Å². The summed E-state index contributed by atoms with van der Waals surface area (Å²) in [5.41, 5.74) is 2.42. The van der Waals surface area contributed by atoms with Crippen LogP contribution >= 0.6 is 0 Å². The van der Waals surface area contributed by atoms with Crippen LogP contribution in [0.4, 0.5) is 10.5 Å². The molecule has 0 radical (unpaired) electrons. The summed E-state index contributed by atoms with van der Waals surface area (Å²) in [7, 11) is -3.82. The molecule has 1 spiro atoms. The van der Waals surface area contributed by atoms with Gasteiger partial charge < -0.3 is 10.2 Å². The van der Waals surface area contributed by atoms with Gasteiger partial charge in [0.15, 0.2) is 0 Å². The molecule has 1 aromatic carbocycles. The number of benzene rings is 1. The minimum absolute atomic E-state index is 0.0205. The van der Waals surface area contributed by atoms with Crippen molar-refractivity contribution in [3.05, 3.63) is 23.3 Å². The predicted octanol–water partition coefficient (Wildman–Crippen LogP) is 3.38. The standard InChI is InChI=1S/C19H29N3O3S/c1-12(2)17-19(7-5-6-8-19)11-22(17)18(23)21-16-10-15(26(20,24)25)9-13(3)14(16)4/h9-10,12,17H,5-8,11H2,1-4H3,(H,21,23)(H2,20,24,25). The van der Waals surface area contributed by atoms with Crippen LogP contribution < -0.4 is 10.5 Å². The molecule has 1 aliphatic heterocycles. The van der Waals surface area contributed by atoms with E-state index in [1.807, 2.05) is 18.7 Å². The Balaban J connectivity index is 1.83. The lowest BCUT2D eigenvalue weighted by molar-refractivity contribution is -0.0578. The minimum Gasteiger partial charge on any atom is -0.320 e. The Bertz CT molecular complexity index is 827. The van der Waals surface area contributed by atoms with E-state index in [1.165, 1.54) is 37.8 Å². The summed E-state index contributed by atoms with van der Waals surface area (Å²) in [5, 5.41) is 8.19. The lowest BCUT2D eigenvalue weighted by Crippen LogP contribution is -2.68. The molecule has 1 saturated carbocycles. The average molecular weight is 380 g/mol. The SMILES string of the molecule is Cc1cc(S(N)(=O)=O)cc(NC(=O)N2CC3(CCCC3)C2C(C)C)c1C. The van der Waals surface area contributed by atoms with E-state index in [9.17, 15) is 13.2 Å². The van der Waals surface area contributed by atoms with Gasteiger partial charge in [-0.2, -0.15) is 0 Å². The highest BCUT2D eigenvalue weighted by Crippen LogP contribution is 2.53. The summed E-state index contributed by atoms with van der Waals surface area (Å²) in [5.74, 6) is 0.395. The molecule has 2 aliphatic rings. The molecule has 0 bridgehead atoms. The van der Waals surface area contributed by atoms with Gasteiger partial charge in [0, 0.05) is 23.7 Å². The Morgan fingerprint density at radius 3 is 2.42 bits per heavy atom. The summed E-state index contributed by atoms with van der Waals surface area (Å²) in [6.45, 7) is 8.80. The van der Waals surface area contributed by atoms with E-state index < -0.39 is 10.0 Å². The molecule has 6 nitrogen and oxygen atoms in total. The van der Waals surface area contributed by atoms with Crippen LogP contribution in [0.3, 0.4) is 0 Å². The Hall–Kier alpha value is -1.60. The highest BCUT2D eigenvalue weighted by atomic mass is 32.2. The van der Waals surface area contributed by atoms with Crippen molar-refractivity contribution in [1.29, 1.82) is 0 Å². The predicted molar refractivity (Wildman–Crippen MR) is 103 cm³/mol. The highest BCUT2D eigenvalue weighted by Gasteiger charge is 2.56. The van der Waals surface area contributed by atoms with Crippen molar-refractivity contribution in [1.82, 2.24) is 4.90 Å². The van der Waals surface area contributed by atoms with Crippen LogP contribution in [-0.2, 0) is 10.0 Å². The number of likely N-dealkylation sites (tertiary alicyclic amines) is 1. The topological polar surface area (TPSA) is 92.5 Å². The summed E-state index contributed by atoms with van der Waals surface area (Å²) in [6.07, 6.45) is 4.87. The van der Waals surface area contributed by atoms with Gasteiger partial charge in [-0.1, -0.05) is 26.7 Å². The molecule has 1 saturated heterocycles. The number of anilines is 1. The summed E-state index contributed by atoms with van der Waals surface area (Å²) >= 11 is 0. The zero-order valence-electron chi connectivity index (χ0n) is 16.0. The fourth-order valence-electron chi connectivity index (χ4n) is 4.85. The third-order valence-electron chi connectivity index (χ3n) is 6.15. The Labute approximate surface area is 156 Å². The van der Waals surface area contributed by atoms with Gasteiger partial charge in [0.2, 0.25) is 10.0 Å². The molecule has 144 valence electrons. The number of nitrogens with zero attached hydrogens (tertiary/aromatic N) is 1. The third-order valence-corrected chi connectivity index (χ3v) is 7.04. The fraction of sp³-hybridized carbons (Fsp3) is 0.632. The number of aryl methyl sites for hydroxylation is 1. The maximum Gasteiger partial charge on any atom is 0.322 e. The second-order valence-corrected chi connectivity index (χ2v) is 9.84. The monoisotopic (exact) mass is 379 g/mol. The van der Waals surface area contributed by atoms with Crippen LogP contribution in [0, 0.1) is 25.2 Å². The molecule has 0 aromatic heterocycles. The number of urea groups is 1. The molecule has 2 amide bonds. The van der Waals surface area contributed by atoms with E-state index in [-0.39, 0.29) is 22.4 Å². The number of nitrogens with two attached hydrogens (primary N) is 1. The number of rotatable bonds is 3. The Morgan fingerprint density at radius 2 is 1.88 bits per heavy atom.